The molecule has 0 aliphatic rings. The minimum atomic E-state index is -0.377. The fourth-order valence-electron chi connectivity index (χ4n) is 0.741. The summed E-state index contributed by atoms with van der Waals surface area (Å²) in [5.41, 5.74) is -0.377. The van der Waals surface area contributed by atoms with Gasteiger partial charge in [-0.2, -0.15) is 0 Å². The van der Waals surface area contributed by atoms with Crippen LogP contribution in [0.15, 0.2) is 24.4 Å². The Morgan fingerprint density at radius 2 is 1.88 bits per heavy atom. The molecule has 0 spiro atoms. The number of pyridine rings is 1. The average Bonchev–Trinajstić information content (AvgIpc) is 2.19. The maximum atomic E-state index is 11.5. The first-order valence-electron chi connectivity index (χ1n) is 5.64. The molecule has 0 saturated heterocycles. The van der Waals surface area contributed by atoms with Crippen molar-refractivity contribution >= 4 is 11.7 Å². The van der Waals surface area contributed by atoms with E-state index in [2.05, 4.69) is 24.1 Å². The number of carbonyl (C=O) groups excluding carboxylic acids is 1. The molecule has 0 saturated carbocycles. The lowest BCUT2D eigenvalue weighted by atomic mass is 9.96. The zero-order valence-corrected chi connectivity index (χ0v) is 10.9. The molecular formula is C13H22N2O. The number of nitrogens with one attached hydrogen (secondary N) is 1. The highest BCUT2D eigenvalue weighted by Gasteiger charge is 2.21. The summed E-state index contributed by atoms with van der Waals surface area (Å²) in [6.45, 7) is 9.85. The van der Waals surface area contributed by atoms with Gasteiger partial charge in [-0.1, -0.05) is 47.1 Å². The normalized spacial score (nSPS) is 10.1. The Kier molecular flexibility index (Phi) is 6.38. The van der Waals surface area contributed by atoms with Gasteiger partial charge in [0.25, 0.3) is 0 Å². The first-order valence-corrected chi connectivity index (χ1v) is 5.64. The molecule has 1 aromatic rings. The molecule has 0 aliphatic carbocycles. The molecule has 1 rings (SSSR count). The topological polar surface area (TPSA) is 42.0 Å². The van der Waals surface area contributed by atoms with E-state index in [1.807, 2.05) is 32.9 Å². The van der Waals surface area contributed by atoms with E-state index in [9.17, 15) is 4.79 Å². The van der Waals surface area contributed by atoms with Crippen LogP contribution in [-0.4, -0.2) is 10.9 Å². The number of rotatable bonds is 1. The van der Waals surface area contributed by atoms with Crippen molar-refractivity contribution in [3.63, 3.8) is 0 Å². The maximum Gasteiger partial charge on any atom is 0.230 e. The predicted octanol–water partition coefficient (Wildman–Crippen LogP) is 3.48. The Bertz CT molecular complexity index is 301. The van der Waals surface area contributed by atoms with Gasteiger partial charge in [-0.3, -0.25) is 4.79 Å². The minimum Gasteiger partial charge on any atom is -0.310 e. The van der Waals surface area contributed by atoms with Gasteiger partial charge in [0.2, 0.25) is 5.91 Å². The Hall–Kier alpha value is -1.38. The fourth-order valence-corrected chi connectivity index (χ4v) is 0.741. The molecule has 0 aliphatic heterocycles. The Morgan fingerprint density at radius 3 is 2.25 bits per heavy atom. The molecule has 90 valence electrons. The van der Waals surface area contributed by atoms with E-state index in [4.69, 9.17) is 0 Å². The molecule has 3 nitrogen and oxygen atoms in total. The third kappa shape index (κ3) is 6.17. The van der Waals surface area contributed by atoms with Crippen molar-refractivity contribution in [1.82, 2.24) is 4.98 Å². The van der Waals surface area contributed by atoms with Gasteiger partial charge in [-0.15, -0.1) is 0 Å². The molecule has 1 aromatic heterocycles. The van der Waals surface area contributed by atoms with E-state index in [-0.39, 0.29) is 11.3 Å². The summed E-state index contributed by atoms with van der Waals surface area (Å²) in [5.74, 6) is 0.577. The molecule has 0 aromatic carbocycles. The van der Waals surface area contributed by atoms with Gasteiger partial charge >= 0.3 is 0 Å². The molecule has 3 heteroatoms. The van der Waals surface area contributed by atoms with Gasteiger partial charge in [-0.05, 0) is 12.1 Å². The van der Waals surface area contributed by atoms with E-state index in [0.717, 1.165) is 0 Å². The van der Waals surface area contributed by atoms with Crippen molar-refractivity contribution in [3.8, 4) is 0 Å². The fraction of sp³-hybridized carbons (Fsp3) is 0.538. The van der Waals surface area contributed by atoms with Crippen LogP contribution in [0, 0.1) is 5.41 Å². The molecular weight excluding hydrogens is 200 g/mol. The van der Waals surface area contributed by atoms with Gasteiger partial charge in [0, 0.05) is 11.6 Å². The smallest absolute Gasteiger partial charge is 0.230 e. The Morgan fingerprint density at radius 1 is 1.31 bits per heavy atom. The summed E-state index contributed by atoms with van der Waals surface area (Å²) in [6, 6.07) is 5.42. The molecule has 1 amide bonds. The van der Waals surface area contributed by atoms with Crippen LogP contribution in [0.4, 0.5) is 5.82 Å². The van der Waals surface area contributed by atoms with Gasteiger partial charge < -0.3 is 5.32 Å². The van der Waals surface area contributed by atoms with Crippen LogP contribution in [0.5, 0.6) is 0 Å². The molecule has 1 N–H and O–H groups in total. The van der Waals surface area contributed by atoms with E-state index >= 15 is 0 Å². The van der Waals surface area contributed by atoms with Crippen LogP contribution in [0.1, 0.15) is 41.0 Å². The molecule has 16 heavy (non-hydrogen) atoms. The van der Waals surface area contributed by atoms with Gasteiger partial charge in [0.05, 0.1) is 0 Å². The lowest BCUT2D eigenvalue weighted by Gasteiger charge is -2.16. The highest BCUT2D eigenvalue weighted by Crippen LogP contribution is 2.15. The summed E-state index contributed by atoms with van der Waals surface area (Å²) in [4.78, 5) is 15.5. The van der Waals surface area contributed by atoms with Crippen LogP contribution in [0.3, 0.4) is 0 Å². The van der Waals surface area contributed by atoms with Crippen molar-refractivity contribution < 1.29 is 4.79 Å². The summed E-state index contributed by atoms with van der Waals surface area (Å²) in [5, 5.41) is 2.73. The lowest BCUT2D eigenvalue weighted by molar-refractivity contribution is -0.123. The van der Waals surface area contributed by atoms with E-state index in [1.165, 1.54) is 6.42 Å². The Balaban J connectivity index is 0.000000673. The number of hydrogen-bond donors (Lipinski definition) is 1. The summed E-state index contributed by atoms with van der Waals surface area (Å²) < 4.78 is 0. The number of anilines is 1. The third-order valence-electron chi connectivity index (χ3n) is 1.59. The number of amides is 1. The second kappa shape index (κ2) is 6.99. The molecule has 1 heterocycles. The summed E-state index contributed by atoms with van der Waals surface area (Å²) in [7, 11) is 0. The Labute approximate surface area is 98.3 Å². The summed E-state index contributed by atoms with van der Waals surface area (Å²) >= 11 is 0. The van der Waals surface area contributed by atoms with E-state index < -0.39 is 0 Å². The minimum absolute atomic E-state index is 0.0220. The molecule has 0 bridgehead atoms. The van der Waals surface area contributed by atoms with Crippen molar-refractivity contribution in [2.75, 3.05) is 5.32 Å². The molecule has 0 radical (unpaired) electrons. The first-order chi connectivity index (χ1) is 7.41. The predicted molar refractivity (Wildman–Crippen MR) is 68.3 cm³/mol. The SMILES string of the molecule is CC(C)(C)C(=O)Nc1ccccn1.CCC. The zero-order valence-electron chi connectivity index (χ0n) is 10.9. The third-order valence-corrected chi connectivity index (χ3v) is 1.59. The largest absolute Gasteiger partial charge is 0.310 e. The first kappa shape index (κ1) is 14.6. The lowest BCUT2D eigenvalue weighted by Crippen LogP contribution is -2.27. The van der Waals surface area contributed by atoms with Gasteiger partial charge in [-0.25, -0.2) is 4.98 Å². The van der Waals surface area contributed by atoms with Crippen LogP contribution < -0.4 is 5.32 Å². The van der Waals surface area contributed by atoms with Crippen molar-refractivity contribution in [3.05, 3.63) is 24.4 Å². The van der Waals surface area contributed by atoms with Crippen molar-refractivity contribution in [2.45, 2.75) is 41.0 Å². The number of carbonyl (C=O) groups is 1. The zero-order chi connectivity index (χ0) is 12.6. The van der Waals surface area contributed by atoms with Crippen LogP contribution in [0.25, 0.3) is 0 Å². The maximum absolute atomic E-state index is 11.5. The van der Waals surface area contributed by atoms with Gasteiger partial charge in [0.15, 0.2) is 0 Å². The van der Waals surface area contributed by atoms with Crippen molar-refractivity contribution in [1.29, 1.82) is 0 Å². The number of aromatic nitrogens is 1. The van der Waals surface area contributed by atoms with E-state index in [0.29, 0.717) is 5.82 Å². The second-order valence-corrected chi connectivity index (χ2v) is 4.63. The van der Waals surface area contributed by atoms with E-state index in [1.54, 1.807) is 12.3 Å². The second-order valence-electron chi connectivity index (χ2n) is 4.63. The molecule has 0 unspecified atom stereocenters. The van der Waals surface area contributed by atoms with Crippen LogP contribution in [-0.2, 0) is 4.79 Å². The van der Waals surface area contributed by atoms with Gasteiger partial charge in [0.1, 0.15) is 5.82 Å². The average molecular weight is 222 g/mol. The monoisotopic (exact) mass is 222 g/mol. The van der Waals surface area contributed by atoms with Crippen LogP contribution in [0.2, 0.25) is 0 Å². The quantitative estimate of drug-likeness (QED) is 0.790. The number of nitrogens with zero attached hydrogens (tertiary/aromatic N) is 1. The summed E-state index contributed by atoms with van der Waals surface area (Å²) in [6.07, 6.45) is 2.90. The van der Waals surface area contributed by atoms with Crippen molar-refractivity contribution in [2.24, 2.45) is 5.41 Å². The highest BCUT2D eigenvalue weighted by molar-refractivity contribution is 5.93. The van der Waals surface area contributed by atoms with Crippen LogP contribution >= 0.6 is 0 Å². The highest BCUT2D eigenvalue weighted by atomic mass is 16.2. The number of hydrogen-bond acceptors (Lipinski definition) is 2. The molecule has 0 atom stereocenters. The molecule has 0 fully saturated rings. The standard InChI is InChI=1S/C10H14N2O.C3H8/c1-10(2,3)9(13)12-8-6-4-5-7-11-8;1-3-2/h4-7H,1-3H3,(H,11,12,13);3H2,1-2H3.